The average molecular weight is 392 g/mol. The minimum Gasteiger partial charge on any atom is -0.355 e. The van der Waals surface area contributed by atoms with Gasteiger partial charge in [0.05, 0.1) is 5.69 Å². The molecule has 0 bridgehead atoms. The van der Waals surface area contributed by atoms with E-state index >= 15 is 0 Å². The topological polar surface area (TPSA) is 82.6 Å². The fraction of sp³-hybridized carbons (Fsp3) is 0.333. The van der Waals surface area contributed by atoms with Gasteiger partial charge in [0, 0.05) is 38.9 Å². The van der Waals surface area contributed by atoms with E-state index < -0.39 is 26.6 Å². The molecule has 1 amide bonds. The van der Waals surface area contributed by atoms with Crippen LogP contribution in [-0.2, 0) is 10.0 Å². The summed E-state index contributed by atoms with van der Waals surface area (Å²) >= 11 is 0. The number of hydrogen-bond donors (Lipinski definition) is 1. The molecule has 1 fully saturated rings. The van der Waals surface area contributed by atoms with Crippen LogP contribution in [0.15, 0.2) is 41.4 Å². The maximum atomic E-state index is 14.0. The van der Waals surface area contributed by atoms with E-state index in [-0.39, 0.29) is 5.56 Å². The zero-order valence-electron chi connectivity index (χ0n) is 15.1. The van der Waals surface area contributed by atoms with Gasteiger partial charge in [0.25, 0.3) is 5.91 Å². The number of sulfonamides is 1. The summed E-state index contributed by atoms with van der Waals surface area (Å²) < 4.78 is 39.4. The third-order valence-electron chi connectivity index (χ3n) is 4.39. The van der Waals surface area contributed by atoms with Gasteiger partial charge in [-0.2, -0.15) is 0 Å². The van der Waals surface area contributed by atoms with Crippen LogP contribution in [0.3, 0.4) is 0 Å². The van der Waals surface area contributed by atoms with E-state index in [0.29, 0.717) is 11.5 Å². The molecule has 0 spiro atoms. The van der Waals surface area contributed by atoms with Gasteiger partial charge < -0.3 is 10.2 Å². The zero-order valence-corrected chi connectivity index (χ0v) is 16.0. The molecule has 7 nitrogen and oxygen atoms in total. The summed E-state index contributed by atoms with van der Waals surface area (Å²) in [6, 6.07) is 6.73. The first-order valence-corrected chi connectivity index (χ1v) is 9.98. The summed E-state index contributed by atoms with van der Waals surface area (Å²) in [7, 11) is -1.39. The highest BCUT2D eigenvalue weighted by Crippen LogP contribution is 2.27. The van der Waals surface area contributed by atoms with Crippen LogP contribution in [-0.4, -0.2) is 50.8 Å². The van der Waals surface area contributed by atoms with Crippen molar-refractivity contribution in [2.24, 2.45) is 0 Å². The third-order valence-corrected chi connectivity index (χ3v) is 6.22. The van der Waals surface area contributed by atoms with Gasteiger partial charge in [0.2, 0.25) is 10.0 Å². The molecule has 2 heterocycles. The summed E-state index contributed by atoms with van der Waals surface area (Å²) in [5.41, 5.74) is 0.582. The summed E-state index contributed by atoms with van der Waals surface area (Å²) in [6.45, 7) is 1.73. The Labute approximate surface area is 157 Å². The van der Waals surface area contributed by atoms with E-state index in [9.17, 15) is 17.6 Å². The minimum atomic E-state index is -4.00. The van der Waals surface area contributed by atoms with Crippen molar-refractivity contribution < 1.29 is 17.6 Å². The molecule has 27 heavy (non-hydrogen) atoms. The van der Waals surface area contributed by atoms with E-state index in [1.807, 2.05) is 0 Å². The smallest absolute Gasteiger partial charge is 0.255 e. The van der Waals surface area contributed by atoms with Crippen LogP contribution in [0.25, 0.3) is 0 Å². The number of halogens is 1. The number of benzene rings is 1. The Morgan fingerprint density at radius 1 is 1.22 bits per heavy atom. The number of hydrogen-bond acceptors (Lipinski definition) is 5. The SMILES string of the molecule is CN(C)S(=O)(=O)c1cc(C(=O)Nc2cccnc2N2CCCC2)ccc1F. The Morgan fingerprint density at radius 2 is 1.93 bits per heavy atom. The molecular weight excluding hydrogens is 371 g/mol. The lowest BCUT2D eigenvalue weighted by atomic mass is 10.2. The van der Waals surface area contributed by atoms with E-state index in [0.717, 1.165) is 42.4 Å². The Hall–Kier alpha value is -2.52. The lowest BCUT2D eigenvalue weighted by molar-refractivity contribution is 0.102. The van der Waals surface area contributed by atoms with E-state index in [1.54, 1.807) is 18.3 Å². The van der Waals surface area contributed by atoms with Crippen molar-refractivity contribution in [3.63, 3.8) is 0 Å². The number of anilines is 2. The van der Waals surface area contributed by atoms with Crippen molar-refractivity contribution in [2.45, 2.75) is 17.7 Å². The Balaban J connectivity index is 1.90. The van der Waals surface area contributed by atoms with E-state index in [1.165, 1.54) is 20.2 Å². The molecule has 2 aromatic rings. The number of amides is 1. The standard InChI is InChI=1S/C18H21FN4O3S/c1-22(2)27(25,26)16-12-13(7-8-14(16)19)18(24)21-15-6-5-9-20-17(15)23-10-3-4-11-23/h5-9,12H,3-4,10-11H2,1-2H3,(H,21,24). The highest BCUT2D eigenvalue weighted by atomic mass is 32.2. The highest BCUT2D eigenvalue weighted by molar-refractivity contribution is 7.89. The zero-order chi connectivity index (χ0) is 19.6. The maximum Gasteiger partial charge on any atom is 0.255 e. The Kier molecular flexibility index (Phi) is 5.43. The van der Waals surface area contributed by atoms with Gasteiger partial charge in [0.15, 0.2) is 5.82 Å². The number of rotatable bonds is 5. The highest BCUT2D eigenvalue weighted by Gasteiger charge is 2.24. The number of pyridine rings is 1. The summed E-state index contributed by atoms with van der Waals surface area (Å²) in [5.74, 6) is -0.760. The van der Waals surface area contributed by atoms with Gasteiger partial charge in [-0.25, -0.2) is 22.1 Å². The third kappa shape index (κ3) is 3.93. The van der Waals surface area contributed by atoms with Crippen LogP contribution in [0.4, 0.5) is 15.9 Å². The second-order valence-corrected chi connectivity index (χ2v) is 8.58. The van der Waals surface area contributed by atoms with Crippen molar-refractivity contribution in [2.75, 3.05) is 37.4 Å². The quantitative estimate of drug-likeness (QED) is 0.844. The van der Waals surface area contributed by atoms with Crippen LogP contribution in [0.5, 0.6) is 0 Å². The molecule has 3 rings (SSSR count). The minimum absolute atomic E-state index is 0.0491. The summed E-state index contributed by atoms with van der Waals surface area (Å²) in [4.78, 5) is 18.6. The molecule has 0 saturated carbocycles. The first-order chi connectivity index (χ1) is 12.8. The molecule has 0 aliphatic carbocycles. The van der Waals surface area contributed by atoms with Gasteiger partial charge in [-0.1, -0.05) is 0 Å². The van der Waals surface area contributed by atoms with Crippen molar-refractivity contribution in [1.29, 1.82) is 0 Å². The van der Waals surface area contributed by atoms with Crippen LogP contribution < -0.4 is 10.2 Å². The Bertz CT molecular complexity index is 957. The van der Waals surface area contributed by atoms with Gasteiger partial charge in [-0.05, 0) is 43.2 Å². The van der Waals surface area contributed by atoms with E-state index in [4.69, 9.17) is 0 Å². The molecule has 0 atom stereocenters. The second kappa shape index (κ2) is 7.61. The lowest BCUT2D eigenvalue weighted by Gasteiger charge is -2.20. The summed E-state index contributed by atoms with van der Waals surface area (Å²) in [5, 5.41) is 2.76. The largest absolute Gasteiger partial charge is 0.355 e. The molecule has 1 aromatic heterocycles. The van der Waals surface area contributed by atoms with Crippen LogP contribution in [0, 0.1) is 5.82 Å². The molecule has 0 unspecified atom stereocenters. The molecule has 1 N–H and O–H groups in total. The van der Waals surface area contributed by atoms with Gasteiger partial charge >= 0.3 is 0 Å². The molecule has 1 aromatic carbocycles. The van der Waals surface area contributed by atoms with Crippen molar-refractivity contribution >= 4 is 27.4 Å². The molecular formula is C18H21FN4O3S. The van der Waals surface area contributed by atoms with E-state index in [2.05, 4.69) is 15.2 Å². The number of carbonyl (C=O) groups excluding carboxylic acids is 1. The molecule has 1 aliphatic heterocycles. The normalized spacial score (nSPS) is 14.6. The number of nitrogens with zero attached hydrogens (tertiary/aromatic N) is 3. The van der Waals surface area contributed by atoms with Crippen molar-refractivity contribution in [3.8, 4) is 0 Å². The molecule has 144 valence electrons. The average Bonchev–Trinajstić information content (AvgIpc) is 3.16. The monoisotopic (exact) mass is 392 g/mol. The first-order valence-electron chi connectivity index (χ1n) is 8.54. The molecule has 0 radical (unpaired) electrons. The predicted octanol–water partition coefficient (Wildman–Crippen LogP) is 2.32. The number of aromatic nitrogens is 1. The van der Waals surface area contributed by atoms with Crippen LogP contribution >= 0.6 is 0 Å². The molecule has 9 heteroatoms. The van der Waals surface area contributed by atoms with Crippen LogP contribution in [0.1, 0.15) is 23.2 Å². The second-order valence-electron chi connectivity index (χ2n) is 6.46. The van der Waals surface area contributed by atoms with Crippen molar-refractivity contribution in [3.05, 3.63) is 47.9 Å². The van der Waals surface area contributed by atoms with Gasteiger partial charge in [0.1, 0.15) is 10.7 Å². The number of nitrogens with one attached hydrogen (secondary N) is 1. The summed E-state index contributed by atoms with van der Waals surface area (Å²) in [6.07, 6.45) is 3.78. The Morgan fingerprint density at radius 3 is 2.59 bits per heavy atom. The molecule has 1 saturated heterocycles. The maximum absolute atomic E-state index is 14.0. The van der Waals surface area contributed by atoms with Gasteiger partial charge in [-0.15, -0.1) is 0 Å². The first kappa shape index (κ1) is 19.2. The van der Waals surface area contributed by atoms with Gasteiger partial charge in [-0.3, -0.25) is 4.79 Å². The fourth-order valence-corrected chi connectivity index (χ4v) is 3.89. The van der Waals surface area contributed by atoms with Crippen LogP contribution in [0.2, 0.25) is 0 Å². The predicted molar refractivity (Wildman–Crippen MR) is 101 cm³/mol. The molecule has 1 aliphatic rings. The number of carbonyl (C=O) groups is 1. The van der Waals surface area contributed by atoms with Crippen molar-refractivity contribution in [1.82, 2.24) is 9.29 Å². The lowest BCUT2D eigenvalue weighted by Crippen LogP contribution is -2.24. The fourth-order valence-electron chi connectivity index (χ4n) is 2.91.